The first-order valence-corrected chi connectivity index (χ1v) is 4.65. The highest BCUT2D eigenvalue weighted by molar-refractivity contribution is 5.69. The van der Waals surface area contributed by atoms with Crippen molar-refractivity contribution in [3.05, 3.63) is 0 Å². The minimum Gasteiger partial charge on any atom is -0.550 e. The van der Waals surface area contributed by atoms with Gasteiger partial charge in [0.05, 0.1) is 6.61 Å². The molecule has 0 aromatic heterocycles. The van der Waals surface area contributed by atoms with Gasteiger partial charge in [-0.3, -0.25) is 4.79 Å². The molecule has 1 rings (SSSR count). The normalized spacial score (nSPS) is 19.0. The monoisotopic (exact) mass is 201 g/mol. The van der Waals surface area contributed by atoms with E-state index in [1.54, 1.807) is 0 Å². The molecule has 0 saturated carbocycles. The van der Waals surface area contributed by atoms with Crippen molar-refractivity contribution in [2.45, 2.75) is 31.8 Å². The van der Waals surface area contributed by atoms with Crippen LogP contribution in [0.25, 0.3) is 0 Å². The van der Waals surface area contributed by atoms with Gasteiger partial charge in [-0.25, -0.2) is 0 Å². The third kappa shape index (κ3) is 5.53. The number of carboxylic acid groups (broad SMARTS) is 1. The Morgan fingerprint density at radius 2 is 2.00 bits per heavy atom. The number of carboxylic acids is 1. The molecule has 0 aromatic rings. The largest absolute Gasteiger partial charge is 0.550 e. The average Bonchev–Trinajstić information content (AvgIpc) is 2.92. The van der Waals surface area contributed by atoms with E-state index in [4.69, 9.17) is 9.47 Å². The lowest BCUT2D eigenvalue weighted by molar-refractivity contribution is -0.305. The summed E-state index contributed by atoms with van der Waals surface area (Å²) in [6, 6.07) is 0. The Morgan fingerprint density at radius 3 is 2.57 bits per heavy atom. The molecule has 1 aliphatic heterocycles. The Morgan fingerprint density at radius 1 is 1.36 bits per heavy atom. The molecule has 1 fully saturated rings. The van der Waals surface area contributed by atoms with Gasteiger partial charge >= 0.3 is 5.97 Å². The maximum atomic E-state index is 11.0. The topological polar surface area (TPSA) is 79.0 Å². The SMILES string of the molecule is O=C([O-])CCCCC(=O)OCC1CO1. The summed E-state index contributed by atoms with van der Waals surface area (Å²) in [6.45, 7) is 0.983. The Kier molecular flexibility index (Phi) is 4.39. The number of hydrogen-bond donors (Lipinski definition) is 0. The molecule has 1 atom stereocenters. The molecule has 1 unspecified atom stereocenters. The van der Waals surface area contributed by atoms with Crippen molar-refractivity contribution in [3.63, 3.8) is 0 Å². The molecule has 5 heteroatoms. The minimum absolute atomic E-state index is 0.000976. The van der Waals surface area contributed by atoms with Crippen LogP contribution in [-0.4, -0.2) is 31.3 Å². The first-order valence-electron chi connectivity index (χ1n) is 4.65. The molecule has 0 radical (unpaired) electrons. The van der Waals surface area contributed by atoms with Gasteiger partial charge in [0.25, 0.3) is 0 Å². The molecule has 0 bridgehead atoms. The first-order chi connectivity index (χ1) is 6.68. The zero-order chi connectivity index (χ0) is 10.4. The van der Waals surface area contributed by atoms with Crippen molar-refractivity contribution in [1.82, 2.24) is 0 Å². The van der Waals surface area contributed by atoms with Crippen molar-refractivity contribution < 1.29 is 24.2 Å². The Labute approximate surface area is 82.0 Å². The van der Waals surface area contributed by atoms with Crippen LogP contribution < -0.4 is 5.11 Å². The van der Waals surface area contributed by atoms with Gasteiger partial charge < -0.3 is 19.4 Å². The first kappa shape index (κ1) is 11.0. The van der Waals surface area contributed by atoms with E-state index in [1.807, 2.05) is 0 Å². The zero-order valence-corrected chi connectivity index (χ0v) is 7.86. The van der Waals surface area contributed by atoms with E-state index < -0.39 is 5.97 Å². The lowest BCUT2D eigenvalue weighted by Gasteiger charge is -2.03. The highest BCUT2D eigenvalue weighted by atomic mass is 16.6. The number of aliphatic carboxylic acids is 1. The fourth-order valence-electron chi connectivity index (χ4n) is 0.961. The lowest BCUT2D eigenvalue weighted by Crippen LogP contribution is -2.21. The number of esters is 1. The molecule has 1 heterocycles. The van der Waals surface area contributed by atoms with Crippen LogP contribution in [0, 0.1) is 0 Å². The van der Waals surface area contributed by atoms with E-state index in [0.29, 0.717) is 26.1 Å². The van der Waals surface area contributed by atoms with Crippen molar-refractivity contribution in [2.75, 3.05) is 13.2 Å². The van der Waals surface area contributed by atoms with Gasteiger partial charge in [-0.05, 0) is 19.3 Å². The van der Waals surface area contributed by atoms with Crippen LogP contribution in [0.5, 0.6) is 0 Å². The van der Waals surface area contributed by atoms with Crippen LogP contribution in [0.1, 0.15) is 25.7 Å². The van der Waals surface area contributed by atoms with Gasteiger partial charge in [0.2, 0.25) is 0 Å². The van der Waals surface area contributed by atoms with E-state index in [2.05, 4.69) is 0 Å². The molecule has 0 amide bonds. The zero-order valence-electron chi connectivity index (χ0n) is 7.86. The summed E-state index contributed by atoms with van der Waals surface area (Å²) in [5.74, 6) is -1.37. The van der Waals surface area contributed by atoms with Gasteiger partial charge in [0, 0.05) is 12.4 Å². The van der Waals surface area contributed by atoms with Crippen LogP contribution in [0.4, 0.5) is 0 Å². The highest BCUT2D eigenvalue weighted by Gasteiger charge is 2.23. The molecule has 5 nitrogen and oxygen atoms in total. The number of rotatable bonds is 7. The second-order valence-electron chi connectivity index (χ2n) is 3.22. The summed E-state index contributed by atoms with van der Waals surface area (Å²) in [7, 11) is 0. The summed E-state index contributed by atoms with van der Waals surface area (Å²) in [6.07, 6.45) is 1.33. The number of carbonyl (C=O) groups is 2. The second kappa shape index (κ2) is 5.59. The summed E-state index contributed by atoms with van der Waals surface area (Å²) < 4.78 is 9.70. The maximum absolute atomic E-state index is 11.0. The number of hydrogen-bond acceptors (Lipinski definition) is 5. The predicted molar refractivity (Wildman–Crippen MR) is 44.2 cm³/mol. The van der Waals surface area contributed by atoms with Gasteiger partial charge in [-0.2, -0.15) is 0 Å². The van der Waals surface area contributed by atoms with Crippen LogP contribution in [0.2, 0.25) is 0 Å². The molecule has 0 aromatic carbocycles. The summed E-state index contributed by atoms with van der Waals surface area (Å²) >= 11 is 0. The molecule has 80 valence electrons. The van der Waals surface area contributed by atoms with Gasteiger partial charge in [-0.15, -0.1) is 0 Å². The molecule has 1 saturated heterocycles. The number of epoxide rings is 1. The van der Waals surface area contributed by atoms with Crippen molar-refractivity contribution in [1.29, 1.82) is 0 Å². The van der Waals surface area contributed by atoms with E-state index in [0.717, 1.165) is 0 Å². The molecular weight excluding hydrogens is 188 g/mol. The quantitative estimate of drug-likeness (QED) is 0.307. The minimum atomic E-state index is -1.08. The van der Waals surface area contributed by atoms with Gasteiger partial charge in [-0.1, -0.05) is 0 Å². The number of ether oxygens (including phenoxy) is 2. The Balaban J connectivity index is 1.88. The fourth-order valence-corrected chi connectivity index (χ4v) is 0.961. The maximum Gasteiger partial charge on any atom is 0.305 e. The van der Waals surface area contributed by atoms with Crippen molar-refractivity contribution in [2.24, 2.45) is 0 Å². The third-order valence-corrected chi connectivity index (χ3v) is 1.84. The smallest absolute Gasteiger partial charge is 0.305 e. The van der Waals surface area contributed by atoms with E-state index >= 15 is 0 Å². The summed E-state index contributed by atoms with van der Waals surface area (Å²) in [5.41, 5.74) is 0. The fraction of sp³-hybridized carbons (Fsp3) is 0.778. The second-order valence-corrected chi connectivity index (χ2v) is 3.22. The van der Waals surface area contributed by atoms with Crippen LogP contribution in [0.15, 0.2) is 0 Å². The van der Waals surface area contributed by atoms with Crippen molar-refractivity contribution >= 4 is 11.9 Å². The number of unbranched alkanes of at least 4 members (excludes halogenated alkanes) is 1. The summed E-state index contributed by atoms with van der Waals surface area (Å²) in [4.78, 5) is 21.0. The molecule has 0 aliphatic carbocycles. The standard InChI is InChI=1S/C9H14O5/c10-8(11)3-1-2-4-9(12)14-6-7-5-13-7/h7H,1-6H2,(H,10,11)/p-1. The Hall–Kier alpha value is -1.10. The average molecular weight is 201 g/mol. The number of carbonyl (C=O) groups excluding carboxylic acids is 2. The van der Waals surface area contributed by atoms with E-state index in [1.165, 1.54) is 0 Å². The van der Waals surface area contributed by atoms with E-state index in [9.17, 15) is 14.7 Å². The molecular formula is C9H13O5-. The molecule has 14 heavy (non-hydrogen) atoms. The molecule has 1 aliphatic rings. The Bertz CT molecular complexity index is 209. The highest BCUT2D eigenvalue weighted by Crippen LogP contribution is 2.09. The molecule has 0 spiro atoms. The molecule has 0 N–H and O–H groups in total. The predicted octanol–water partition coefficient (Wildman–Crippen LogP) is -0.761. The van der Waals surface area contributed by atoms with Gasteiger partial charge in [0.1, 0.15) is 12.7 Å². The van der Waals surface area contributed by atoms with Crippen molar-refractivity contribution in [3.8, 4) is 0 Å². The summed E-state index contributed by atoms with van der Waals surface area (Å²) in [5, 5.41) is 10.0. The van der Waals surface area contributed by atoms with Crippen LogP contribution in [-0.2, 0) is 19.1 Å². The van der Waals surface area contributed by atoms with Crippen LogP contribution >= 0.6 is 0 Å². The van der Waals surface area contributed by atoms with Gasteiger partial charge in [0.15, 0.2) is 0 Å². The van der Waals surface area contributed by atoms with Crippen LogP contribution in [0.3, 0.4) is 0 Å². The third-order valence-electron chi connectivity index (χ3n) is 1.84. The lowest BCUT2D eigenvalue weighted by atomic mass is 10.2. The van der Waals surface area contributed by atoms with E-state index in [-0.39, 0.29) is 24.9 Å².